The molecule has 0 bridgehead atoms. The molecule has 1 saturated carbocycles. The first kappa shape index (κ1) is 17.0. The number of rotatable bonds is 5. The second kappa shape index (κ2) is 6.39. The summed E-state index contributed by atoms with van der Waals surface area (Å²) in [6, 6.07) is 13.7. The van der Waals surface area contributed by atoms with Crippen LogP contribution >= 0.6 is 11.3 Å². The lowest BCUT2D eigenvalue weighted by molar-refractivity contribution is 0.123. The molecule has 1 saturated heterocycles. The summed E-state index contributed by atoms with van der Waals surface area (Å²) in [6.07, 6.45) is 0.831. The molecule has 2 aliphatic rings. The third-order valence-corrected chi connectivity index (χ3v) is 8.23. The van der Waals surface area contributed by atoms with Crippen molar-refractivity contribution in [1.82, 2.24) is 4.72 Å². The number of nitrogens with one attached hydrogen (secondary N) is 1. The third-order valence-electron chi connectivity index (χ3n) is 5.12. The topological polar surface area (TPSA) is 58.6 Å². The maximum atomic E-state index is 12.8. The van der Waals surface area contributed by atoms with Crippen LogP contribution < -0.4 is 9.62 Å². The number of morpholine rings is 1. The molecule has 0 radical (unpaired) electrons. The molecule has 7 heteroatoms. The summed E-state index contributed by atoms with van der Waals surface area (Å²) in [4.78, 5) is 2.18. The zero-order valence-corrected chi connectivity index (χ0v) is 15.8. The van der Waals surface area contributed by atoms with Gasteiger partial charge in [0.05, 0.1) is 18.2 Å². The van der Waals surface area contributed by atoms with E-state index in [-0.39, 0.29) is 11.5 Å². The molecule has 0 unspecified atom stereocenters. The van der Waals surface area contributed by atoms with Gasteiger partial charge in [0.2, 0.25) is 10.0 Å². The molecule has 1 aliphatic heterocycles. The van der Waals surface area contributed by atoms with Gasteiger partial charge in [-0.15, -0.1) is 11.3 Å². The van der Waals surface area contributed by atoms with Crippen LogP contribution in [0.25, 0.3) is 0 Å². The van der Waals surface area contributed by atoms with Crippen molar-refractivity contribution >= 4 is 26.4 Å². The minimum Gasteiger partial charge on any atom is -0.378 e. The number of sulfonamides is 1. The van der Waals surface area contributed by atoms with Gasteiger partial charge in [0.1, 0.15) is 4.21 Å². The van der Waals surface area contributed by atoms with E-state index in [0.29, 0.717) is 17.4 Å². The van der Waals surface area contributed by atoms with Crippen LogP contribution in [0.3, 0.4) is 0 Å². The van der Waals surface area contributed by atoms with Gasteiger partial charge in [-0.1, -0.05) is 37.3 Å². The van der Waals surface area contributed by atoms with Crippen LogP contribution in [0.15, 0.2) is 46.7 Å². The monoisotopic (exact) mass is 378 g/mol. The molecule has 5 nitrogen and oxygen atoms in total. The van der Waals surface area contributed by atoms with Gasteiger partial charge in [0.25, 0.3) is 0 Å². The summed E-state index contributed by atoms with van der Waals surface area (Å²) in [7, 11) is -3.48. The predicted molar refractivity (Wildman–Crippen MR) is 99.9 cm³/mol. The highest BCUT2D eigenvalue weighted by molar-refractivity contribution is 7.91. The van der Waals surface area contributed by atoms with Crippen LogP contribution in [0.4, 0.5) is 5.00 Å². The van der Waals surface area contributed by atoms with Crippen molar-refractivity contribution in [2.75, 3.05) is 31.2 Å². The van der Waals surface area contributed by atoms with Crippen LogP contribution in [0.1, 0.15) is 18.9 Å². The largest absolute Gasteiger partial charge is 0.378 e. The Morgan fingerprint density at radius 1 is 1.16 bits per heavy atom. The standard InChI is InChI=1S/C18H22N2O3S2/c1-18(14-5-3-2-4-6-14)13-15(18)19-25(21,22)17-8-7-16(24-17)20-9-11-23-12-10-20/h2-8,15,19H,9-13H2,1H3/t15-,18+/m0/s1. The van der Waals surface area contributed by atoms with Gasteiger partial charge in [-0.25, -0.2) is 13.1 Å². The first-order chi connectivity index (χ1) is 12.0. The van der Waals surface area contributed by atoms with Crippen LogP contribution in [0, 0.1) is 0 Å². The smallest absolute Gasteiger partial charge is 0.250 e. The average Bonchev–Trinajstić information content (AvgIpc) is 3.06. The Kier molecular flexibility index (Phi) is 4.35. The Morgan fingerprint density at radius 3 is 2.60 bits per heavy atom. The quantitative estimate of drug-likeness (QED) is 0.869. The summed E-state index contributed by atoms with van der Waals surface area (Å²) in [5.41, 5.74) is 1.07. The number of nitrogens with zero attached hydrogens (tertiary/aromatic N) is 1. The normalized spacial score (nSPS) is 26.6. The Hall–Kier alpha value is -1.41. The zero-order chi connectivity index (χ0) is 17.5. The first-order valence-electron chi connectivity index (χ1n) is 8.49. The zero-order valence-electron chi connectivity index (χ0n) is 14.1. The summed E-state index contributed by atoms with van der Waals surface area (Å²) in [6.45, 7) is 5.11. The minimum atomic E-state index is -3.48. The maximum absolute atomic E-state index is 12.8. The fourth-order valence-corrected chi connectivity index (χ4v) is 6.04. The van der Waals surface area contributed by atoms with Gasteiger partial charge in [-0.2, -0.15) is 0 Å². The van der Waals surface area contributed by atoms with Gasteiger partial charge in [-0.3, -0.25) is 0 Å². The molecule has 2 aromatic rings. The minimum absolute atomic E-state index is 0.0474. The fraction of sp³-hybridized carbons (Fsp3) is 0.444. The number of thiophene rings is 1. The lowest BCUT2D eigenvalue weighted by Crippen LogP contribution is -2.35. The summed E-state index contributed by atoms with van der Waals surface area (Å²) >= 11 is 1.33. The maximum Gasteiger partial charge on any atom is 0.250 e. The van der Waals surface area contributed by atoms with Gasteiger partial charge >= 0.3 is 0 Å². The highest BCUT2D eigenvalue weighted by Crippen LogP contribution is 2.48. The molecule has 2 fully saturated rings. The lowest BCUT2D eigenvalue weighted by Gasteiger charge is -2.27. The van der Waals surface area contributed by atoms with E-state index in [1.807, 2.05) is 24.3 Å². The number of anilines is 1. The van der Waals surface area contributed by atoms with Crippen molar-refractivity contribution in [1.29, 1.82) is 0 Å². The van der Waals surface area contributed by atoms with Gasteiger partial charge < -0.3 is 9.64 Å². The number of hydrogen-bond donors (Lipinski definition) is 1. The molecule has 1 aromatic carbocycles. The van der Waals surface area contributed by atoms with Gasteiger partial charge in [-0.05, 0) is 24.1 Å². The van der Waals surface area contributed by atoms with E-state index in [0.717, 1.165) is 24.5 Å². The third kappa shape index (κ3) is 3.33. The lowest BCUT2D eigenvalue weighted by atomic mass is 9.98. The molecule has 2 heterocycles. The first-order valence-corrected chi connectivity index (χ1v) is 10.8. The van der Waals surface area contributed by atoms with E-state index in [4.69, 9.17) is 4.74 Å². The van der Waals surface area contributed by atoms with Crippen LogP contribution in [0.2, 0.25) is 0 Å². The second-order valence-corrected chi connectivity index (χ2v) is 9.86. The second-order valence-electron chi connectivity index (χ2n) is 6.85. The highest BCUT2D eigenvalue weighted by atomic mass is 32.2. The van der Waals surface area contributed by atoms with Gasteiger partial charge in [0.15, 0.2) is 0 Å². The molecule has 1 N–H and O–H groups in total. The van der Waals surface area contributed by atoms with Crippen molar-refractivity contribution in [3.8, 4) is 0 Å². The Bertz CT molecular complexity index is 844. The summed E-state index contributed by atoms with van der Waals surface area (Å²) < 4.78 is 34.1. The Morgan fingerprint density at radius 2 is 1.88 bits per heavy atom. The van der Waals surface area contributed by atoms with E-state index in [9.17, 15) is 8.42 Å². The molecule has 4 rings (SSSR count). The van der Waals surface area contributed by atoms with Crippen molar-refractivity contribution in [2.45, 2.75) is 29.0 Å². The summed E-state index contributed by atoms with van der Waals surface area (Å²) in [5.74, 6) is 0. The van der Waals surface area contributed by atoms with E-state index in [2.05, 4.69) is 28.7 Å². The number of ether oxygens (including phenoxy) is 1. The SMILES string of the molecule is C[C@]1(c2ccccc2)C[C@@H]1NS(=O)(=O)c1ccc(N2CCOCC2)s1. The van der Waals surface area contributed by atoms with Crippen molar-refractivity contribution in [3.05, 3.63) is 48.0 Å². The highest BCUT2D eigenvalue weighted by Gasteiger charge is 2.53. The summed E-state index contributed by atoms with van der Waals surface area (Å²) in [5, 5.41) is 0.991. The molecular weight excluding hydrogens is 356 g/mol. The van der Waals surface area contributed by atoms with Crippen LogP contribution in [-0.4, -0.2) is 40.8 Å². The molecule has 134 valence electrons. The predicted octanol–water partition coefficient (Wildman–Crippen LogP) is 2.59. The van der Waals surface area contributed by atoms with E-state index < -0.39 is 10.0 Å². The Labute approximate surface area is 152 Å². The van der Waals surface area contributed by atoms with Crippen molar-refractivity contribution < 1.29 is 13.2 Å². The van der Waals surface area contributed by atoms with Crippen LogP contribution in [-0.2, 0) is 20.2 Å². The molecule has 2 atom stereocenters. The molecule has 0 spiro atoms. The number of hydrogen-bond acceptors (Lipinski definition) is 5. The van der Waals surface area contributed by atoms with Crippen LogP contribution in [0.5, 0.6) is 0 Å². The molecular formula is C18H22N2O3S2. The molecule has 25 heavy (non-hydrogen) atoms. The van der Waals surface area contributed by atoms with Gasteiger partial charge in [0, 0.05) is 24.5 Å². The average molecular weight is 379 g/mol. The van der Waals surface area contributed by atoms with E-state index in [1.165, 1.54) is 16.9 Å². The van der Waals surface area contributed by atoms with E-state index in [1.54, 1.807) is 6.07 Å². The van der Waals surface area contributed by atoms with Crippen molar-refractivity contribution in [2.24, 2.45) is 0 Å². The molecule has 0 amide bonds. The molecule has 1 aliphatic carbocycles. The van der Waals surface area contributed by atoms with E-state index >= 15 is 0 Å². The fourth-order valence-electron chi connectivity index (χ4n) is 3.33. The molecule has 1 aromatic heterocycles. The Balaban J connectivity index is 1.47. The van der Waals surface area contributed by atoms with Crippen molar-refractivity contribution in [3.63, 3.8) is 0 Å². The number of benzene rings is 1.